The van der Waals surface area contributed by atoms with Gasteiger partial charge in [0.2, 0.25) is 0 Å². The highest BCUT2D eigenvalue weighted by molar-refractivity contribution is 5.68. The fourth-order valence-electron chi connectivity index (χ4n) is 2.17. The SMILES string of the molecule is CC(C)(C)OC(=O)NCCc1ccc(-c2ccc(C#N)cc2O)nc1. The molecule has 0 aliphatic rings. The third-order valence-corrected chi connectivity index (χ3v) is 3.31. The highest BCUT2D eigenvalue weighted by Crippen LogP contribution is 2.28. The maximum Gasteiger partial charge on any atom is 0.407 e. The van der Waals surface area contributed by atoms with Crippen molar-refractivity contribution in [3.8, 4) is 23.1 Å². The predicted octanol–water partition coefficient (Wildman–Crippen LogP) is 3.39. The number of nitriles is 1. The zero-order valence-electron chi connectivity index (χ0n) is 14.5. The number of aromatic nitrogens is 1. The van der Waals surface area contributed by atoms with Gasteiger partial charge in [0, 0.05) is 18.3 Å². The Hall–Kier alpha value is -3.07. The first kappa shape index (κ1) is 18.3. The van der Waals surface area contributed by atoms with E-state index in [9.17, 15) is 9.90 Å². The van der Waals surface area contributed by atoms with Crippen molar-refractivity contribution in [1.29, 1.82) is 5.26 Å². The number of benzene rings is 1. The van der Waals surface area contributed by atoms with Crippen LogP contribution in [0.15, 0.2) is 36.5 Å². The van der Waals surface area contributed by atoms with Gasteiger partial charge in [-0.2, -0.15) is 5.26 Å². The van der Waals surface area contributed by atoms with Crippen LogP contribution in [0.25, 0.3) is 11.3 Å². The van der Waals surface area contributed by atoms with E-state index >= 15 is 0 Å². The Kier molecular flexibility index (Phi) is 5.60. The normalized spacial score (nSPS) is 10.8. The quantitative estimate of drug-likeness (QED) is 0.890. The molecule has 25 heavy (non-hydrogen) atoms. The van der Waals surface area contributed by atoms with Gasteiger partial charge in [0.1, 0.15) is 11.4 Å². The summed E-state index contributed by atoms with van der Waals surface area (Å²) in [7, 11) is 0. The maximum atomic E-state index is 11.6. The first-order valence-electron chi connectivity index (χ1n) is 7.94. The molecule has 0 saturated carbocycles. The fourth-order valence-corrected chi connectivity index (χ4v) is 2.17. The van der Waals surface area contributed by atoms with Crippen LogP contribution >= 0.6 is 0 Å². The van der Waals surface area contributed by atoms with Crippen LogP contribution in [-0.4, -0.2) is 28.3 Å². The van der Waals surface area contributed by atoms with Crippen molar-refractivity contribution in [2.45, 2.75) is 32.8 Å². The second-order valence-corrected chi connectivity index (χ2v) is 6.57. The van der Waals surface area contributed by atoms with Gasteiger partial charge >= 0.3 is 6.09 Å². The van der Waals surface area contributed by atoms with Crippen LogP contribution in [0.3, 0.4) is 0 Å². The average molecular weight is 339 g/mol. The number of ether oxygens (including phenoxy) is 1. The third kappa shape index (κ3) is 5.50. The summed E-state index contributed by atoms with van der Waals surface area (Å²) in [5.74, 6) is 0.0193. The summed E-state index contributed by atoms with van der Waals surface area (Å²) in [6.45, 7) is 5.88. The van der Waals surface area contributed by atoms with E-state index in [0.29, 0.717) is 29.8 Å². The molecule has 0 spiro atoms. The van der Waals surface area contributed by atoms with Crippen molar-refractivity contribution in [3.05, 3.63) is 47.7 Å². The second kappa shape index (κ2) is 7.67. The molecule has 0 unspecified atom stereocenters. The Morgan fingerprint density at radius 1 is 1.32 bits per heavy atom. The first-order valence-corrected chi connectivity index (χ1v) is 7.94. The predicted molar refractivity (Wildman–Crippen MR) is 94.0 cm³/mol. The van der Waals surface area contributed by atoms with Gasteiger partial charge < -0.3 is 15.2 Å². The topological polar surface area (TPSA) is 95.2 Å². The summed E-state index contributed by atoms with van der Waals surface area (Å²) in [6.07, 6.45) is 1.87. The minimum atomic E-state index is -0.517. The molecule has 0 aliphatic heterocycles. The molecule has 0 fully saturated rings. The van der Waals surface area contributed by atoms with E-state index in [0.717, 1.165) is 5.56 Å². The van der Waals surface area contributed by atoms with Gasteiger partial charge in [0.25, 0.3) is 0 Å². The van der Waals surface area contributed by atoms with E-state index in [1.165, 1.54) is 6.07 Å². The maximum absolute atomic E-state index is 11.6. The molecule has 2 N–H and O–H groups in total. The van der Waals surface area contributed by atoms with Crippen LogP contribution in [0.4, 0.5) is 4.79 Å². The summed E-state index contributed by atoms with van der Waals surface area (Å²) >= 11 is 0. The zero-order valence-corrected chi connectivity index (χ0v) is 14.5. The highest BCUT2D eigenvalue weighted by atomic mass is 16.6. The molecule has 0 atom stereocenters. The highest BCUT2D eigenvalue weighted by Gasteiger charge is 2.15. The van der Waals surface area contributed by atoms with E-state index in [-0.39, 0.29) is 5.75 Å². The lowest BCUT2D eigenvalue weighted by Crippen LogP contribution is -2.33. The Labute approximate surface area is 147 Å². The number of alkyl carbamates (subject to hydrolysis) is 1. The minimum absolute atomic E-state index is 0.0193. The number of hydrogen-bond donors (Lipinski definition) is 2. The molecule has 6 heteroatoms. The van der Waals surface area contributed by atoms with Crippen molar-refractivity contribution >= 4 is 6.09 Å². The van der Waals surface area contributed by atoms with Crippen LogP contribution < -0.4 is 5.32 Å². The standard InChI is InChI=1S/C19H21N3O3/c1-19(2,3)25-18(24)21-9-8-13-5-7-16(22-12-13)15-6-4-14(11-20)10-17(15)23/h4-7,10,12,23H,8-9H2,1-3H3,(H,21,24). The number of rotatable bonds is 4. The monoisotopic (exact) mass is 339 g/mol. The van der Waals surface area contributed by atoms with E-state index in [1.807, 2.05) is 32.9 Å². The van der Waals surface area contributed by atoms with Crippen molar-refractivity contribution in [2.24, 2.45) is 0 Å². The summed E-state index contributed by atoms with van der Waals surface area (Å²) in [5.41, 5.74) is 2.01. The molecule has 130 valence electrons. The molecule has 1 aromatic carbocycles. The minimum Gasteiger partial charge on any atom is -0.507 e. The Bertz CT molecular complexity index is 787. The number of phenolic OH excluding ortho intramolecular Hbond substituents is 1. The number of aromatic hydroxyl groups is 1. The molecule has 1 aromatic heterocycles. The van der Waals surface area contributed by atoms with Gasteiger partial charge in [-0.1, -0.05) is 6.07 Å². The Balaban J connectivity index is 1.94. The Morgan fingerprint density at radius 2 is 2.08 bits per heavy atom. The zero-order chi connectivity index (χ0) is 18.4. The number of hydrogen-bond acceptors (Lipinski definition) is 5. The molecule has 0 saturated heterocycles. The van der Waals surface area contributed by atoms with E-state index < -0.39 is 11.7 Å². The first-order chi connectivity index (χ1) is 11.8. The van der Waals surface area contributed by atoms with Gasteiger partial charge in [0.15, 0.2) is 0 Å². The number of phenols is 1. The number of nitrogens with one attached hydrogen (secondary N) is 1. The largest absolute Gasteiger partial charge is 0.507 e. The molecule has 0 radical (unpaired) electrons. The number of carbonyl (C=O) groups is 1. The molecule has 2 rings (SSSR count). The molecule has 0 aliphatic carbocycles. The van der Waals surface area contributed by atoms with Gasteiger partial charge in [-0.05, 0) is 57.0 Å². The molecular formula is C19H21N3O3. The van der Waals surface area contributed by atoms with Gasteiger partial charge in [-0.15, -0.1) is 0 Å². The lowest BCUT2D eigenvalue weighted by Gasteiger charge is -2.19. The molecule has 2 aromatic rings. The van der Waals surface area contributed by atoms with Crippen LogP contribution in [0.1, 0.15) is 31.9 Å². The third-order valence-electron chi connectivity index (χ3n) is 3.31. The van der Waals surface area contributed by atoms with E-state index in [4.69, 9.17) is 10.00 Å². The van der Waals surface area contributed by atoms with Crippen molar-refractivity contribution in [2.75, 3.05) is 6.54 Å². The molecule has 6 nitrogen and oxygen atoms in total. The van der Waals surface area contributed by atoms with Crippen LogP contribution in [-0.2, 0) is 11.2 Å². The van der Waals surface area contributed by atoms with E-state index in [1.54, 1.807) is 24.4 Å². The molecular weight excluding hydrogens is 318 g/mol. The summed E-state index contributed by atoms with van der Waals surface area (Å²) in [4.78, 5) is 15.9. The lowest BCUT2D eigenvalue weighted by molar-refractivity contribution is 0.0528. The summed E-state index contributed by atoms with van der Waals surface area (Å²) < 4.78 is 5.17. The molecule has 0 bridgehead atoms. The second-order valence-electron chi connectivity index (χ2n) is 6.57. The number of nitrogens with zero attached hydrogens (tertiary/aromatic N) is 2. The van der Waals surface area contributed by atoms with E-state index in [2.05, 4.69) is 10.3 Å². The van der Waals surface area contributed by atoms with Crippen molar-refractivity contribution in [3.63, 3.8) is 0 Å². The van der Waals surface area contributed by atoms with Gasteiger partial charge in [-0.25, -0.2) is 4.79 Å². The number of amides is 1. The van der Waals surface area contributed by atoms with Gasteiger partial charge in [-0.3, -0.25) is 4.98 Å². The van der Waals surface area contributed by atoms with Crippen LogP contribution in [0.5, 0.6) is 5.75 Å². The summed E-state index contributed by atoms with van der Waals surface area (Å²) in [5, 5.41) is 21.5. The fraction of sp³-hybridized carbons (Fsp3) is 0.316. The van der Waals surface area contributed by atoms with Crippen molar-refractivity contribution < 1.29 is 14.6 Å². The Morgan fingerprint density at radius 3 is 2.64 bits per heavy atom. The van der Waals surface area contributed by atoms with Crippen LogP contribution in [0, 0.1) is 11.3 Å². The molecule has 1 amide bonds. The smallest absolute Gasteiger partial charge is 0.407 e. The number of carbonyl (C=O) groups excluding carboxylic acids is 1. The number of pyridine rings is 1. The lowest BCUT2D eigenvalue weighted by atomic mass is 10.1. The average Bonchev–Trinajstić information content (AvgIpc) is 2.54. The van der Waals surface area contributed by atoms with Crippen molar-refractivity contribution in [1.82, 2.24) is 10.3 Å². The summed E-state index contributed by atoms with van der Waals surface area (Å²) in [6, 6.07) is 10.4. The van der Waals surface area contributed by atoms with Crippen LogP contribution in [0.2, 0.25) is 0 Å². The van der Waals surface area contributed by atoms with Gasteiger partial charge in [0.05, 0.1) is 17.3 Å². The molecule has 1 heterocycles.